The van der Waals surface area contributed by atoms with Gasteiger partial charge < -0.3 is 14.6 Å². The summed E-state index contributed by atoms with van der Waals surface area (Å²) in [6.45, 7) is 3.80. The zero-order chi connectivity index (χ0) is 17.6. The first kappa shape index (κ1) is 16.3. The van der Waals surface area contributed by atoms with Crippen molar-refractivity contribution in [3.8, 4) is 0 Å². The Bertz CT molecular complexity index is 892. The van der Waals surface area contributed by atoms with E-state index in [1.165, 1.54) is 12.1 Å². The number of aryl methyl sites for hydroxylation is 1. The Morgan fingerprint density at radius 2 is 2.16 bits per heavy atom. The van der Waals surface area contributed by atoms with E-state index in [4.69, 9.17) is 4.74 Å². The molecule has 1 N–H and O–H groups in total. The number of piperidine rings is 1. The van der Waals surface area contributed by atoms with Crippen LogP contribution in [0.5, 0.6) is 0 Å². The van der Waals surface area contributed by atoms with Crippen molar-refractivity contribution < 1.29 is 13.9 Å². The van der Waals surface area contributed by atoms with E-state index in [9.17, 15) is 14.0 Å². The number of nitrogens with one attached hydrogen (secondary N) is 1. The van der Waals surface area contributed by atoms with Gasteiger partial charge in [-0.25, -0.2) is 4.39 Å². The standard InChI is InChI=1S/C19H21FN2O3/c1-11-7-13-14(9-17(23)21-18(13)15(20)8-11)19(24)22-5-4-16-12(10-22)3-2-6-25-16/h7-9,12,16H,2-6,10H2,1H3,(H,21,23)/t12-,16-/m1/s1. The van der Waals surface area contributed by atoms with E-state index in [1.807, 2.05) is 0 Å². The topological polar surface area (TPSA) is 62.4 Å². The molecule has 2 fully saturated rings. The third-order valence-electron chi connectivity index (χ3n) is 5.28. The van der Waals surface area contributed by atoms with Crippen LogP contribution in [0, 0.1) is 18.7 Å². The van der Waals surface area contributed by atoms with Crippen LogP contribution in [-0.2, 0) is 4.74 Å². The van der Waals surface area contributed by atoms with Crippen LogP contribution in [0.1, 0.15) is 35.2 Å². The first-order chi connectivity index (χ1) is 12.0. The van der Waals surface area contributed by atoms with Gasteiger partial charge in [-0.05, 0) is 43.9 Å². The molecule has 2 aliphatic heterocycles. The van der Waals surface area contributed by atoms with Gasteiger partial charge in [0.2, 0.25) is 5.56 Å². The van der Waals surface area contributed by atoms with Gasteiger partial charge in [0.25, 0.3) is 5.91 Å². The Balaban J connectivity index is 1.71. The minimum atomic E-state index is -0.513. The Morgan fingerprint density at radius 3 is 3.00 bits per heavy atom. The summed E-state index contributed by atoms with van der Waals surface area (Å²) in [7, 11) is 0. The Kier molecular flexibility index (Phi) is 4.07. The molecule has 25 heavy (non-hydrogen) atoms. The van der Waals surface area contributed by atoms with Gasteiger partial charge in [-0.3, -0.25) is 9.59 Å². The van der Waals surface area contributed by atoms with E-state index in [2.05, 4.69) is 4.98 Å². The number of H-pyrrole nitrogens is 1. The van der Waals surface area contributed by atoms with Gasteiger partial charge in [0.15, 0.2) is 0 Å². The highest BCUT2D eigenvalue weighted by Crippen LogP contribution is 2.30. The number of fused-ring (bicyclic) bond motifs is 2. The number of likely N-dealkylation sites (tertiary alicyclic amines) is 1. The van der Waals surface area contributed by atoms with Gasteiger partial charge in [0, 0.05) is 37.1 Å². The van der Waals surface area contributed by atoms with Crippen molar-refractivity contribution in [2.75, 3.05) is 19.7 Å². The number of nitrogens with zero attached hydrogens (tertiary/aromatic N) is 1. The molecule has 1 amide bonds. The number of ether oxygens (including phenoxy) is 1. The highest BCUT2D eigenvalue weighted by Gasteiger charge is 2.34. The summed E-state index contributed by atoms with van der Waals surface area (Å²) < 4.78 is 20.0. The first-order valence-electron chi connectivity index (χ1n) is 8.77. The fourth-order valence-electron chi connectivity index (χ4n) is 4.07. The lowest BCUT2D eigenvalue weighted by atomic mass is 9.88. The summed E-state index contributed by atoms with van der Waals surface area (Å²) >= 11 is 0. The molecule has 2 aromatic rings. The minimum Gasteiger partial charge on any atom is -0.378 e. The molecule has 4 rings (SSSR count). The maximum absolute atomic E-state index is 14.2. The van der Waals surface area contributed by atoms with E-state index in [1.54, 1.807) is 17.9 Å². The SMILES string of the molecule is Cc1cc(F)c2[nH]c(=O)cc(C(=O)N3CC[C@H]4OCCC[C@@H]4C3)c2c1. The van der Waals surface area contributed by atoms with Gasteiger partial charge in [-0.15, -0.1) is 0 Å². The van der Waals surface area contributed by atoms with Crippen molar-refractivity contribution in [2.45, 2.75) is 32.3 Å². The molecular weight excluding hydrogens is 323 g/mol. The number of pyridine rings is 1. The van der Waals surface area contributed by atoms with Gasteiger partial charge in [-0.2, -0.15) is 0 Å². The van der Waals surface area contributed by atoms with E-state index >= 15 is 0 Å². The van der Waals surface area contributed by atoms with Crippen molar-refractivity contribution in [3.05, 3.63) is 45.5 Å². The van der Waals surface area contributed by atoms with Crippen molar-refractivity contribution in [1.82, 2.24) is 9.88 Å². The molecule has 0 radical (unpaired) electrons. The normalized spacial score (nSPS) is 23.5. The van der Waals surface area contributed by atoms with Gasteiger partial charge in [-0.1, -0.05) is 0 Å². The van der Waals surface area contributed by atoms with Crippen molar-refractivity contribution in [1.29, 1.82) is 0 Å². The quantitative estimate of drug-likeness (QED) is 0.865. The molecule has 3 heterocycles. The molecule has 2 saturated heterocycles. The molecule has 2 aliphatic rings. The lowest BCUT2D eigenvalue weighted by Gasteiger charge is -2.41. The fraction of sp³-hybridized carbons (Fsp3) is 0.474. The van der Waals surface area contributed by atoms with Crippen molar-refractivity contribution in [2.24, 2.45) is 5.92 Å². The van der Waals surface area contributed by atoms with Gasteiger partial charge >= 0.3 is 0 Å². The number of aromatic amines is 1. The second kappa shape index (κ2) is 6.26. The molecule has 0 aliphatic carbocycles. The highest BCUT2D eigenvalue weighted by atomic mass is 19.1. The number of rotatable bonds is 1. The average Bonchev–Trinajstić information content (AvgIpc) is 2.61. The molecule has 1 aromatic carbocycles. The summed E-state index contributed by atoms with van der Waals surface area (Å²) in [4.78, 5) is 29.3. The third kappa shape index (κ3) is 2.95. The maximum Gasteiger partial charge on any atom is 0.254 e. The summed E-state index contributed by atoms with van der Waals surface area (Å²) in [5.74, 6) is -0.371. The van der Waals surface area contributed by atoms with Crippen LogP contribution in [0.4, 0.5) is 4.39 Å². The Hall–Kier alpha value is -2.21. The zero-order valence-corrected chi connectivity index (χ0v) is 14.2. The summed E-state index contributed by atoms with van der Waals surface area (Å²) in [5, 5.41) is 0.462. The van der Waals surface area contributed by atoms with Gasteiger partial charge in [0.1, 0.15) is 5.82 Å². The van der Waals surface area contributed by atoms with Crippen molar-refractivity contribution >= 4 is 16.8 Å². The predicted octanol–water partition coefficient (Wildman–Crippen LogP) is 2.62. The smallest absolute Gasteiger partial charge is 0.254 e. The molecule has 0 unspecified atom stereocenters. The molecule has 5 nitrogen and oxygen atoms in total. The van der Waals surface area contributed by atoms with Crippen molar-refractivity contribution in [3.63, 3.8) is 0 Å². The fourth-order valence-corrected chi connectivity index (χ4v) is 4.07. The Morgan fingerprint density at radius 1 is 1.32 bits per heavy atom. The predicted molar refractivity (Wildman–Crippen MR) is 92.2 cm³/mol. The van der Waals surface area contributed by atoms with Crippen LogP contribution in [0.3, 0.4) is 0 Å². The van der Waals surface area contributed by atoms with Crippen LogP contribution in [0.2, 0.25) is 0 Å². The molecule has 0 saturated carbocycles. The monoisotopic (exact) mass is 344 g/mol. The lowest BCUT2D eigenvalue weighted by molar-refractivity contribution is -0.0606. The number of carbonyl (C=O) groups is 1. The lowest BCUT2D eigenvalue weighted by Crippen LogP contribution is -2.48. The number of halogens is 1. The number of hydrogen-bond acceptors (Lipinski definition) is 3. The van der Waals surface area contributed by atoms with Crippen LogP contribution in [0.25, 0.3) is 10.9 Å². The number of aromatic nitrogens is 1. The maximum atomic E-state index is 14.2. The second-order valence-electron chi connectivity index (χ2n) is 7.07. The highest BCUT2D eigenvalue weighted by molar-refractivity contribution is 6.06. The molecule has 132 valence electrons. The molecule has 0 spiro atoms. The van der Waals surface area contributed by atoms with E-state index in [0.717, 1.165) is 25.9 Å². The van der Waals surface area contributed by atoms with E-state index in [-0.39, 0.29) is 23.1 Å². The number of hydrogen-bond donors (Lipinski definition) is 1. The van der Waals surface area contributed by atoms with E-state index in [0.29, 0.717) is 30.0 Å². The first-order valence-corrected chi connectivity index (χ1v) is 8.77. The average molecular weight is 344 g/mol. The summed E-state index contributed by atoms with van der Waals surface area (Å²) in [5.41, 5.74) is 0.619. The second-order valence-corrected chi connectivity index (χ2v) is 7.07. The third-order valence-corrected chi connectivity index (χ3v) is 5.28. The molecule has 2 atom stereocenters. The molecule has 1 aromatic heterocycles. The van der Waals surface area contributed by atoms with E-state index < -0.39 is 11.4 Å². The van der Waals surface area contributed by atoms with Crippen LogP contribution >= 0.6 is 0 Å². The molecule has 0 bridgehead atoms. The van der Waals surface area contributed by atoms with Crippen LogP contribution < -0.4 is 5.56 Å². The molecular formula is C19H21FN2O3. The number of amides is 1. The van der Waals surface area contributed by atoms with Gasteiger partial charge in [0.05, 0.1) is 17.2 Å². The number of benzene rings is 1. The largest absolute Gasteiger partial charge is 0.378 e. The molecule has 6 heteroatoms. The summed E-state index contributed by atoms with van der Waals surface area (Å²) in [6.07, 6.45) is 3.11. The zero-order valence-electron chi connectivity index (χ0n) is 14.2. The summed E-state index contributed by atoms with van der Waals surface area (Å²) in [6, 6.07) is 4.39. The minimum absolute atomic E-state index is 0.0948. The number of carbonyl (C=O) groups excluding carboxylic acids is 1. The van der Waals surface area contributed by atoms with Crippen LogP contribution in [0.15, 0.2) is 23.0 Å². The Labute approximate surface area is 144 Å². The van der Waals surface area contributed by atoms with Crippen LogP contribution in [-0.4, -0.2) is 41.6 Å².